The van der Waals surface area contributed by atoms with Crippen LogP contribution in [0.3, 0.4) is 0 Å². The molecule has 7 nitrogen and oxygen atoms in total. The number of amides is 1. The largest absolute Gasteiger partial charge is 0.319 e. The number of aryl methyl sites for hydroxylation is 1. The summed E-state index contributed by atoms with van der Waals surface area (Å²) >= 11 is 6.00. The molecule has 138 valence electrons. The fraction of sp³-hybridized carbons (Fsp3) is 0.111. The van der Waals surface area contributed by atoms with Crippen LogP contribution in [-0.4, -0.2) is 20.6 Å². The lowest BCUT2D eigenvalue weighted by Gasteiger charge is -2.05. The molecule has 0 spiro atoms. The van der Waals surface area contributed by atoms with Crippen LogP contribution in [0.2, 0.25) is 5.02 Å². The summed E-state index contributed by atoms with van der Waals surface area (Å²) in [6.07, 6.45) is 3.03. The van der Waals surface area contributed by atoms with E-state index in [2.05, 4.69) is 10.4 Å². The van der Waals surface area contributed by atoms with Crippen molar-refractivity contribution in [3.8, 4) is 0 Å². The van der Waals surface area contributed by atoms with Crippen LogP contribution in [0, 0.1) is 22.9 Å². The van der Waals surface area contributed by atoms with Gasteiger partial charge >= 0.3 is 0 Å². The number of anilines is 1. The minimum atomic E-state index is -0.531. The van der Waals surface area contributed by atoms with Gasteiger partial charge in [-0.1, -0.05) is 23.7 Å². The fourth-order valence-electron chi connectivity index (χ4n) is 2.49. The Labute approximate surface area is 158 Å². The number of aromatic nitrogens is 2. The maximum absolute atomic E-state index is 13.1. The number of nitrogens with one attached hydrogen (secondary N) is 1. The molecule has 0 saturated carbocycles. The number of nitrogens with zero attached hydrogens (tertiary/aromatic N) is 3. The van der Waals surface area contributed by atoms with Crippen LogP contribution in [0.25, 0.3) is 0 Å². The van der Waals surface area contributed by atoms with Crippen molar-refractivity contribution in [2.45, 2.75) is 13.5 Å². The summed E-state index contributed by atoms with van der Waals surface area (Å²) in [6.45, 7) is 1.90. The lowest BCUT2D eigenvalue weighted by atomic mass is 10.1. The number of carbonyl (C=O) groups excluding carboxylic acids is 1. The molecule has 1 aromatic heterocycles. The lowest BCUT2D eigenvalue weighted by molar-refractivity contribution is -0.385. The van der Waals surface area contributed by atoms with Gasteiger partial charge in [-0.25, -0.2) is 4.39 Å². The first-order valence-electron chi connectivity index (χ1n) is 7.86. The first-order chi connectivity index (χ1) is 12.8. The smallest absolute Gasteiger partial charge is 0.273 e. The Morgan fingerprint density at radius 3 is 2.81 bits per heavy atom. The zero-order chi connectivity index (χ0) is 19.6. The van der Waals surface area contributed by atoms with Crippen LogP contribution >= 0.6 is 11.6 Å². The summed E-state index contributed by atoms with van der Waals surface area (Å²) in [7, 11) is 0. The highest BCUT2D eigenvalue weighted by Crippen LogP contribution is 2.21. The molecule has 27 heavy (non-hydrogen) atoms. The predicted molar refractivity (Wildman–Crippen MR) is 98.5 cm³/mol. The Morgan fingerprint density at radius 1 is 1.33 bits per heavy atom. The number of rotatable bonds is 5. The van der Waals surface area contributed by atoms with Gasteiger partial charge in [-0.05, 0) is 30.7 Å². The SMILES string of the molecule is Cc1ccc(C(=O)Nc2cnn(Cc3ccc(F)cc3Cl)c2)cc1[N+](=O)[O-]. The summed E-state index contributed by atoms with van der Waals surface area (Å²) in [5.74, 6) is -0.915. The summed E-state index contributed by atoms with van der Waals surface area (Å²) in [6, 6.07) is 8.34. The molecular formula is C18H14ClFN4O3. The standard InChI is InChI=1S/C18H14ClFN4O3/c1-11-2-3-12(6-17(11)24(26)27)18(25)22-15-8-21-23(10-15)9-13-4-5-14(20)7-16(13)19/h2-8,10H,9H2,1H3,(H,22,25). The zero-order valence-corrected chi connectivity index (χ0v) is 14.9. The molecule has 0 aliphatic heterocycles. The van der Waals surface area contributed by atoms with Crippen molar-refractivity contribution in [3.63, 3.8) is 0 Å². The first kappa shape index (κ1) is 18.5. The van der Waals surface area contributed by atoms with Crippen molar-refractivity contribution in [3.05, 3.63) is 86.4 Å². The van der Waals surface area contributed by atoms with E-state index in [9.17, 15) is 19.3 Å². The average Bonchev–Trinajstić information content (AvgIpc) is 3.04. The summed E-state index contributed by atoms with van der Waals surface area (Å²) < 4.78 is 14.6. The van der Waals surface area contributed by atoms with E-state index in [4.69, 9.17) is 11.6 Å². The second-order valence-electron chi connectivity index (χ2n) is 5.87. The minimum Gasteiger partial charge on any atom is -0.319 e. The van der Waals surface area contributed by atoms with Crippen LogP contribution in [-0.2, 0) is 6.54 Å². The average molecular weight is 389 g/mol. The van der Waals surface area contributed by atoms with Crippen molar-refractivity contribution >= 4 is 28.9 Å². The van der Waals surface area contributed by atoms with Gasteiger partial charge in [-0.15, -0.1) is 0 Å². The molecule has 0 radical (unpaired) electrons. The van der Waals surface area contributed by atoms with Gasteiger partial charge in [0.25, 0.3) is 11.6 Å². The van der Waals surface area contributed by atoms with Crippen LogP contribution in [0.4, 0.5) is 15.8 Å². The second kappa shape index (κ2) is 7.55. The number of carbonyl (C=O) groups is 1. The van der Waals surface area contributed by atoms with E-state index >= 15 is 0 Å². The van der Waals surface area contributed by atoms with E-state index in [1.165, 1.54) is 41.2 Å². The predicted octanol–water partition coefficient (Wildman–Crippen LogP) is 4.19. The van der Waals surface area contributed by atoms with Crippen LogP contribution in [0.5, 0.6) is 0 Å². The lowest BCUT2D eigenvalue weighted by Crippen LogP contribution is -2.12. The van der Waals surface area contributed by atoms with Gasteiger partial charge in [0.05, 0.1) is 23.4 Å². The highest BCUT2D eigenvalue weighted by atomic mass is 35.5. The number of hydrogen-bond acceptors (Lipinski definition) is 4. The van der Waals surface area contributed by atoms with Gasteiger partial charge < -0.3 is 5.32 Å². The molecule has 3 aromatic rings. The maximum Gasteiger partial charge on any atom is 0.273 e. The van der Waals surface area contributed by atoms with E-state index in [-0.39, 0.29) is 16.3 Å². The molecule has 0 bridgehead atoms. The Hall–Kier alpha value is -3.26. The molecule has 1 amide bonds. The van der Waals surface area contributed by atoms with Gasteiger partial charge in [-0.2, -0.15) is 5.10 Å². The zero-order valence-electron chi connectivity index (χ0n) is 14.1. The third-order valence-electron chi connectivity index (χ3n) is 3.91. The van der Waals surface area contributed by atoms with E-state index < -0.39 is 16.6 Å². The molecule has 1 N–H and O–H groups in total. The fourth-order valence-corrected chi connectivity index (χ4v) is 2.72. The van der Waals surface area contributed by atoms with Crippen molar-refractivity contribution in [1.29, 1.82) is 0 Å². The van der Waals surface area contributed by atoms with E-state index in [1.807, 2.05) is 0 Å². The van der Waals surface area contributed by atoms with E-state index in [1.54, 1.807) is 19.2 Å². The van der Waals surface area contributed by atoms with E-state index in [0.717, 1.165) is 0 Å². The normalized spacial score (nSPS) is 10.6. The highest BCUT2D eigenvalue weighted by Gasteiger charge is 2.15. The molecule has 0 unspecified atom stereocenters. The Kier molecular flexibility index (Phi) is 5.18. The van der Waals surface area contributed by atoms with Crippen molar-refractivity contribution in [2.24, 2.45) is 0 Å². The Bertz CT molecular complexity index is 1040. The molecule has 0 saturated heterocycles. The number of nitro benzene ring substituents is 1. The quantitative estimate of drug-likeness (QED) is 0.524. The number of benzene rings is 2. The van der Waals surface area contributed by atoms with Crippen LogP contribution < -0.4 is 5.32 Å². The molecular weight excluding hydrogens is 375 g/mol. The highest BCUT2D eigenvalue weighted by molar-refractivity contribution is 6.31. The van der Waals surface area contributed by atoms with Gasteiger partial charge in [0.15, 0.2) is 0 Å². The first-order valence-corrected chi connectivity index (χ1v) is 8.24. The van der Waals surface area contributed by atoms with Crippen LogP contribution in [0.1, 0.15) is 21.5 Å². The molecule has 0 aliphatic rings. The number of halogens is 2. The van der Waals surface area contributed by atoms with Crippen molar-refractivity contribution in [2.75, 3.05) is 5.32 Å². The number of hydrogen-bond donors (Lipinski definition) is 1. The van der Waals surface area contributed by atoms with Gasteiger partial charge in [0.1, 0.15) is 5.82 Å². The summed E-state index contributed by atoms with van der Waals surface area (Å²) in [5.41, 5.74) is 1.61. The molecule has 0 fully saturated rings. The molecule has 0 aliphatic carbocycles. The van der Waals surface area contributed by atoms with Crippen molar-refractivity contribution in [1.82, 2.24) is 9.78 Å². The van der Waals surface area contributed by atoms with Crippen LogP contribution in [0.15, 0.2) is 48.8 Å². The summed E-state index contributed by atoms with van der Waals surface area (Å²) in [5, 5.41) is 18.0. The van der Waals surface area contributed by atoms with E-state index in [0.29, 0.717) is 23.4 Å². The van der Waals surface area contributed by atoms with Crippen molar-refractivity contribution < 1.29 is 14.1 Å². The third kappa shape index (κ3) is 4.29. The van der Waals surface area contributed by atoms with Gasteiger partial charge in [0.2, 0.25) is 0 Å². The van der Waals surface area contributed by atoms with Gasteiger partial charge in [-0.3, -0.25) is 19.6 Å². The molecule has 0 atom stereocenters. The maximum atomic E-state index is 13.1. The number of nitro groups is 1. The monoisotopic (exact) mass is 388 g/mol. The molecule has 9 heteroatoms. The third-order valence-corrected chi connectivity index (χ3v) is 4.26. The Morgan fingerprint density at radius 2 is 2.11 bits per heavy atom. The molecule has 3 rings (SSSR count). The summed E-state index contributed by atoms with van der Waals surface area (Å²) in [4.78, 5) is 22.8. The molecule has 2 aromatic carbocycles. The molecule has 1 heterocycles. The topological polar surface area (TPSA) is 90.1 Å². The Balaban J connectivity index is 1.73. The second-order valence-corrected chi connectivity index (χ2v) is 6.28. The minimum absolute atomic E-state index is 0.121. The van der Waals surface area contributed by atoms with Gasteiger partial charge in [0, 0.05) is 28.4 Å².